The van der Waals surface area contributed by atoms with Gasteiger partial charge in [-0.3, -0.25) is 4.79 Å². The van der Waals surface area contributed by atoms with Gasteiger partial charge in [-0.05, 0) is 42.5 Å². The van der Waals surface area contributed by atoms with Gasteiger partial charge in [0.25, 0.3) is 0 Å². The fourth-order valence-corrected chi connectivity index (χ4v) is 2.33. The molecule has 0 aliphatic rings. The first-order chi connectivity index (χ1) is 10.7. The summed E-state index contributed by atoms with van der Waals surface area (Å²) in [5.74, 6) is 0.157. The number of unbranched alkanes of at least 4 members (excludes halogenated alkanes) is 1. The van der Waals surface area contributed by atoms with E-state index in [-0.39, 0.29) is 6.42 Å². The molecular weight excluding hydrogens is 276 g/mol. The zero-order valence-electron chi connectivity index (χ0n) is 12.7. The lowest BCUT2D eigenvalue weighted by Gasteiger charge is -2.08. The highest BCUT2D eigenvalue weighted by Crippen LogP contribution is 2.16. The molecule has 22 heavy (non-hydrogen) atoms. The number of rotatable bonds is 9. The Balaban J connectivity index is 1.75. The number of carboxylic acids is 1. The van der Waals surface area contributed by atoms with Crippen molar-refractivity contribution in [2.45, 2.75) is 32.1 Å². The molecule has 2 aromatic rings. The average Bonchev–Trinajstić information content (AvgIpc) is 2.53. The Morgan fingerprint density at radius 1 is 0.909 bits per heavy atom. The van der Waals surface area contributed by atoms with Crippen molar-refractivity contribution in [3.05, 3.63) is 65.7 Å². The van der Waals surface area contributed by atoms with Crippen LogP contribution in [0.4, 0.5) is 0 Å². The van der Waals surface area contributed by atoms with E-state index in [2.05, 4.69) is 18.2 Å². The zero-order chi connectivity index (χ0) is 15.6. The fraction of sp³-hybridized carbons (Fsp3) is 0.316. The second-order valence-corrected chi connectivity index (χ2v) is 5.33. The summed E-state index contributed by atoms with van der Waals surface area (Å²) in [5, 5.41) is 8.63. The number of aliphatic carboxylic acids is 1. The minimum Gasteiger partial charge on any atom is -0.493 e. The highest BCUT2D eigenvalue weighted by molar-refractivity contribution is 5.66. The molecule has 0 heterocycles. The van der Waals surface area contributed by atoms with Gasteiger partial charge in [0, 0.05) is 12.8 Å². The lowest BCUT2D eigenvalue weighted by atomic mass is 10.1. The summed E-state index contributed by atoms with van der Waals surface area (Å²) >= 11 is 0. The fourth-order valence-electron chi connectivity index (χ4n) is 2.33. The molecule has 0 spiro atoms. The van der Waals surface area contributed by atoms with Crippen LogP contribution < -0.4 is 4.74 Å². The van der Waals surface area contributed by atoms with E-state index in [1.807, 2.05) is 36.4 Å². The molecular formula is C19H22O3. The predicted molar refractivity (Wildman–Crippen MR) is 87.3 cm³/mol. The monoisotopic (exact) mass is 298 g/mol. The van der Waals surface area contributed by atoms with Gasteiger partial charge in [0.05, 0.1) is 6.61 Å². The highest BCUT2D eigenvalue weighted by atomic mass is 16.5. The van der Waals surface area contributed by atoms with Crippen molar-refractivity contribution in [2.75, 3.05) is 6.61 Å². The number of carbonyl (C=O) groups is 1. The van der Waals surface area contributed by atoms with Crippen LogP contribution in [-0.2, 0) is 17.6 Å². The molecule has 0 atom stereocenters. The van der Waals surface area contributed by atoms with E-state index < -0.39 is 5.97 Å². The van der Waals surface area contributed by atoms with Crippen LogP contribution in [-0.4, -0.2) is 17.7 Å². The molecule has 0 saturated heterocycles. The smallest absolute Gasteiger partial charge is 0.303 e. The third-order valence-electron chi connectivity index (χ3n) is 3.51. The first-order valence-electron chi connectivity index (χ1n) is 7.71. The van der Waals surface area contributed by atoms with Crippen LogP contribution in [0.1, 0.15) is 30.4 Å². The Morgan fingerprint density at radius 3 is 2.45 bits per heavy atom. The first-order valence-corrected chi connectivity index (χ1v) is 7.71. The van der Waals surface area contributed by atoms with Crippen molar-refractivity contribution < 1.29 is 14.6 Å². The van der Waals surface area contributed by atoms with Crippen molar-refractivity contribution >= 4 is 5.97 Å². The number of benzene rings is 2. The summed E-state index contributed by atoms with van der Waals surface area (Å²) < 4.78 is 5.80. The van der Waals surface area contributed by atoms with E-state index in [4.69, 9.17) is 9.84 Å². The van der Waals surface area contributed by atoms with Crippen molar-refractivity contribution in [2.24, 2.45) is 0 Å². The van der Waals surface area contributed by atoms with Gasteiger partial charge < -0.3 is 9.84 Å². The van der Waals surface area contributed by atoms with Crippen LogP contribution in [0.15, 0.2) is 54.6 Å². The minimum absolute atomic E-state index is 0.243. The predicted octanol–water partition coefficient (Wildman–Crippen LogP) is 4.11. The summed E-state index contributed by atoms with van der Waals surface area (Å²) in [7, 11) is 0. The molecule has 0 bridgehead atoms. The summed E-state index contributed by atoms with van der Waals surface area (Å²) in [5.41, 5.74) is 2.47. The van der Waals surface area contributed by atoms with Gasteiger partial charge in [-0.1, -0.05) is 42.5 Å². The molecule has 1 N–H and O–H groups in total. The first kappa shape index (κ1) is 16.1. The number of hydrogen-bond acceptors (Lipinski definition) is 2. The molecule has 0 saturated carbocycles. The summed E-state index contributed by atoms with van der Waals surface area (Å²) in [4.78, 5) is 10.5. The van der Waals surface area contributed by atoms with Crippen LogP contribution in [0.5, 0.6) is 5.75 Å². The maximum Gasteiger partial charge on any atom is 0.303 e. The van der Waals surface area contributed by atoms with Crippen LogP contribution in [0.2, 0.25) is 0 Å². The van der Waals surface area contributed by atoms with Gasteiger partial charge >= 0.3 is 5.97 Å². The molecule has 0 amide bonds. The second-order valence-electron chi connectivity index (χ2n) is 5.33. The number of ether oxygens (including phenoxy) is 1. The highest BCUT2D eigenvalue weighted by Gasteiger charge is 2.00. The van der Waals surface area contributed by atoms with Crippen LogP contribution in [0.3, 0.4) is 0 Å². The van der Waals surface area contributed by atoms with E-state index in [1.165, 1.54) is 11.1 Å². The van der Waals surface area contributed by atoms with E-state index >= 15 is 0 Å². The number of hydrogen-bond donors (Lipinski definition) is 1. The average molecular weight is 298 g/mol. The van der Waals surface area contributed by atoms with Gasteiger partial charge in [0.1, 0.15) is 5.75 Å². The molecule has 2 rings (SSSR count). The minimum atomic E-state index is -0.724. The van der Waals surface area contributed by atoms with Crippen LogP contribution >= 0.6 is 0 Å². The Kier molecular flexibility index (Phi) is 6.49. The Labute approximate surface area is 131 Å². The van der Waals surface area contributed by atoms with Crippen molar-refractivity contribution in [1.82, 2.24) is 0 Å². The quantitative estimate of drug-likeness (QED) is 0.709. The summed E-state index contributed by atoms with van der Waals surface area (Å²) in [6.07, 6.45) is 3.63. The number of carboxylic acid groups (broad SMARTS) is 1. The van der Waals surface area contributed by atoms with Gasteiger partial charge in [0.15, 0.2) is 0 Å². The topological polar surface area (TPSA) is 46.5 Å². The second kappa shape index (κ2) is 8.88. The molecule has 116 valence electrons. The van der Waals surface area contributed by atoms with Gasteiger partial charge in [-0.25, -0.2) is 0 Å². The maximum atomic E-state index is 10.5. The van der Waals surface area contributed by atoms with Crippen molar-refractivity contribution in [3.8, 4) is 5.75 Å². The molecule has 3 nitrogen and oxygen atoms in total. The SMILES string of the molecule is O=C(O)CCCCc1cccc(OCCc2ccccc2)c1. The normalized spacial score (nSPS) is 10.4. The van der Waals surface area contributed by atoms with Gasteiger partial charge in [-0.15, -0.1) is 0 Å². The third-order valence-corrected chi connectivity index (χ3v) is 3.51. The Bertz CT molecular complexity index is 578. The van der Waals surface area contributed by atoms with Crippen LogP contribution in [0, 0.1) is 0 Å². The Hall–Kier alpha value is -2.29. The molecule has 0 aromatic heterocycles. The largest absolute Gasteiger partial charge is 0.493 e. The lowest BCUT2D eigenvalue weighted by Crippen LogP contribution is -2.01. The number of aryl methyl sites for hydroxylation is 1. The van der Waals surface area contributed by atoms with Gasteiger partial charge in [0.2, 0.25) is 0 Å². The third kappa shape index (κ3) is 6.00. The molecule has 0 unspecified atom stereocenters. The van der Waals surface area contributed by atoms with E-state index in [0.29, 0.717) is 13.0 Å². The molecule has 0 radical (unpaired) electrons. The maximum absolute atomic E-state index is 10.5. The summed E-state index contributed by atoms with van der Waals surface area (Å²) in [6.45, 7) is 0.659. The zero-order valence-corrected chi connectivity index (χ0v) is 12.7. The van der Waals surface area contributed by atoms with Gasteiger partial charge in [-0.2, -0.15) is 0 Å². The summed E-state index contributed by atoms with van der Waals surface area (Å²) in [6, 6.07) is 18.3. The van der Waals surface area contributed by atoms with Crippen molar-refractivity contribution in [1.29, 1.82) is 0 Å². The Morgan fingerprint density at radius 2 is 1.68 bits per heavy atom. The molecule has 3 heteroatoms. The van der Waals surface area contributed by atoms with Crippen LogP contribution in [0.25, 0.3) is 0 Å². The van der Waals surface area contributed by atoms with E-state index in [9.17, 15) is 4.79 Å². The standard InChI is InChI=1S/C19H22O3/c20-19(21)12-5-4-9-17-10-6-11-18(15-17)22-14-13-16-7-2-1-3-8-16/h1-3,6-8,10-11,15H,4-5,9,12-14H2,(H,20,21). The van der Waals surface area contributed by atoms with E-state index in [1.54, 1.807) is 0 Å². The molecule has 0 aliphatic heterocycles. The molecule has 2 aromatic carbocycles. The molecule has 0 aliphatic carbocycles. The van der Waals surface area contributed by atoms with E-state index in [0.717, 1.165) is 25.0 Å². The lowest BCUT2D eigenvalue weighted by molar-refractivity contribution is -0.137. The molecule has 0 fully saturated rings. The van der Waals surface area contributed by atoms with Crippen molar-refractivity contribution in [3.63, 3.8) is 0 Å².